The molecule has 19 heavy (non-hydrogen) atoms. The van der Waals surface area contributed by atoms with E-state index in [9.17, 15) is 4.79 Å². The number of carbonyl (C=O) groups is 1. The Hall–Kier alpha value is -1.29. The van der Waals surface area contributed by atoms with Gasteiger partial charge < -0.3 is 14.5 Å². The minimum absolute atomic E-state index is 0.113. The van der Waals surface area contributed by atoms with Crippen LogP contribution in [0.15, 0.2) is 16.5 Å². The van der Waals surface area contributed by atoms with Crippen LogP contribution in [0.25, 0.3) is 0 Å². The van der Waals surface area contributed by atoms with Crippen LogP contribution < -0.4 is 5.32 Å². The molecule has 4 nitrogen and oxygen atoms in total. The fourth-order valence-corrected chi connectivity index (χ4v) is 2.60. The highest BCUT2D eigenvalue weighted by atomic mass is 16.5. The third-order valence-corrected chi connectivity index (χ3v) is 4.39. The van der Waals surface area contributed by atoms with Gasteiger partial charge in [-0.25, -0.2) is 4.79 Å². The molecule has 2 rings (SSSR count). The maximum absolute atomic E-state index is 11.3. The van der Waals surface area contributed by atoms with Gasteiger partial charge in [-0.05, 0) is 43.7 Å². The smallest absolute Gasteiger partial charge is 0.373 e. The van der Waals surface area contributed by atoms with Crippen molar-refractivity contribution < 1.29 is 13.9 Å². The fourth-order valence-electron chi connectivity index (χ4n) is 2.60. The van der Waals surface area contributed by atoms with E-state index in [2.05, 4.69) is 23.9 Å². The number of esters is 1. The van der Waals surface area contributed by atoms with Crippen molar-refractivity contribution in [3.05, 3.63) is 23.7 Å². The van der Waals surface area contributed by atoms with Crippen molar-refractivity contribution in [3.8, 4) is 0 Å². The molecule has 0 aliphatic heterocycles. The number of methoxy groups -OCH3 is 1. The van der Waals surface area contributed by atoms with Crippen LogP contribution in [0.2, 0.25) is 0 Å². The lowest BCUT2D eigenvalue weighted by Gasteiger charge is -2.42. The van der Waals surface area contributed by atoms with Gasteiger partial charge in [-0.2, -0.15) is 0 Å². The van der Waals surface area contributed by atoms with Gasteiger partial charge in [0.05, 0.1) is 13.2 Å². The molecule has 0 saturated heterocycles. The minimum atomic E-state index is -0.428. The van der Waals surface area contributed by atoms with Crippen LogP contribution >= 0.6 is 0 Å². The molecule has 1 aromatic rings. The zero-order valence-electron chi connectivity index (χ0n) is 12.0. The molecule has 0 aromatic carbocycles. The maximum atomic E-state index is 11.3. The molecule has 1 N–H and O–H groups in total. The molecule has 1 atom stereocenters. The van der Waals surface area contributed by atoms with Crippen LogP contribution in [-0.4, -0.2) is 19.6 Å². The van der Waals surface area contributed by atoms with Crippen molar-refractivity contribution in [1.82, 2.24) is 5.32 Å². The third-order valence-electron chi connectivity index (χ3n) is 4.39. The zero-order chi connectivity index (χ0) is 13.9. The molecule has 1 aliphatic rings. The van der Waals surface area contributed by atoms with Crippen LogP contribution in [0, 0.1) is 5.41 Å². The Kier molecular flexibility index (Phi) is 4.30. The average Bonchev–Trinajstić information content (AvgIpc) is 2.86. The fraction of sp³-hybridized carbons (Fsp3) is 0.667. The van der Waals surface area contributed by atoms with Crippen molar-refractivity contribution in [2.45, 2.75) is 45.6 Å². The van der Waals surface area contributed by atoms with E-state index in [1.165, 1.54) is 32.8 Å². The van der Waals surface area contributed by atoms with Gasteiger partial charge in [-0.15, -0.1) is 0 Å². The van der Waals surface area contributed by atoms with E-state index >= 15 is 0 Å². The molecular formula is C15H23NO3. The first-order valence-electron chi connectivity index (χ1n) is 7.02. The Balaban J connectivity index is 1.90. The van der Waals surface area contributed by atoms with Crippen LogP contribution in [-0.2, 0) is 4.74 Å². The molecule has 0 spiro atoms. The van der Waals surface area contributed by atoms with Gasteiger partial charge in [-0.1, -0.05) is 13.3 Å². The lowest BCUT2D eigenvalue weighted by molar-refractivity contribution is 0.0561. The molecule has 0 radical (unpaired) electrons. The predicted molar refractivity (Wildman–Crippen MR) is 73.0 cm³/mol. The molecule has 106 valence electrons. The van der Waals surface area contributed by atoms with E-state index in [-0.39, 0.29) is 11.8 Å². The lowest BCUT2D eigenvalue weighted by Crippen LogP contribution is -2.40. The average molecular weight is 265 g/mol. The van der Waals surface area contributed by atoms with Crippen molar-refractivity contribution in [2.24, 2.45) is 5.41 Å². The number of ether oxygens (including phenoxy) is 1. The van der Waals surface area contributed by atoms with Gasteiger partial charge in [0.15, 0.2) is 0 Å². The molecule has 1 unspecified atom stereocenters. The van der Waals surface area contributed by atoms with E-state index in [0.717, 1.165) is 12.3 Å². The Morgan fingerprint density at radius 2 is 2.26 bits per heavy atom. The number of hydrogen-bond donors (Lipinski definition) is 1. The first-order valence-corrected chi connectivity index (χ1v) is 7.02. The van der Waals surface area contributed by atoms with Gasteiger partial charge >= 0.3 is 5.97 Å². The first-order chi connectivity index (χ1) is 9.10. The van der Waals surface area contributed by atoms with Gasteiger partial charge in [0.2, 0.25) is 5.76 Å². The topological polar surface area (TPSA) is 51.5 Å². The van der Waals surface area contributed by atoms with E-state index in [1.807, 2.05) is 6.07 Å². The summed E-state index contributed by atoms with van der Waals surface area (Å²) in [5.41, 5.74) is 0.478. The molecule has 1 heterocycles. The predicted octanol–water partition coefficient (Wildman–Crippen LogP) is 3.30. The van der Waals surface area contributed by atoms with Crippen LogP contribution in [0.4, 0.5) is 0 Å². The highest BCUT2D eigenvalue weighted by molar-refractivity contribution is 5.86. The highest BCUT2D eigenvalue weighted by Crippen LogP contribution is 2.43. The Morgan fingerprint density at radius 3 is 2.79 bits per heavy atom. The van der Waals surface area contributed by atoms with Crippen LogP contribution in [0.1, 0.15) is 61.9 Å². The van der Waals surface area contributed by atoms with Crippen molar-refractivity contribution in [2.75, 3.05) is 13.7 Å². The largest absolute Gasteiger partial charge is 0.463 e. The molecular weight excluding hydrogens is 242 g/mol. The highest BCUT2D eigenvalue weighted by Gasteiger charge is 2.35. The Labute approximate surface area is 114 Å². The SMILES string of the molecule is CCC1(CNC(C)c2ccc(C(=O)OC)o2)CCC1. The summed E-state index contributed by atoms with van der Waals surface area (Å²) in [7, 11) is 1.35. The van der Waals surface area contributed by atoms with E-state index in [1.54, 1.807) is 6.07 Å². The molecule has 1 saturated carbocycles. The second-order valence-corrected chi connectivity index (χ2v) is 5.50. The van der Waals surface area contributed by atoms with Crippen LogP contribution in [0.5, 0.6) is 0 Å². The van der Waals surface area contributed by atoms with Crippen molar-refractivity contribution in [1.29, 1.82) is 0 Å². The summed E-state index contributed by atoms with van der Waals surface area (Å²) in [6.07, 6.45) is 5.19. The number of nitrogens with one attached hydrogen (secondary N) is 1. The second kappa shape index (κ2) is 5.78. The maximum Gasteiger partial charge on any atom is 0.373 e. The van der Waals surface area contributed by atoms with Crippen molar-refractivity contribution in [3.63, 3.8) is 0 Å². The minimum Gasteiger partial charge on any atom is -0.463 e. The van der Waals surface area contributed by atoms with Gasteiger partial charge in [0.1, 0.15) is 5.76 Å². The number of furan rings is 1. The molecule has 1 aromatic heterocycles. The van der Waals surface area contributed by atoms with Crippen molar-refractivity contribution >= 4 is 5.97 Å². The Morgan fingerprint density at radius 1 is 1.53 bits per heavy atom. The number of hydrogen-bond acceptors (Lipinski definition) is 4. The third kappa shape index (κ3) is 3.00. The zero-order valence-corrected chi connectivity index (χ0v) is 12.0. The second-order valence-electron chi connectivity index (χ2n) is 5.50. The standard InChI is InChI=1S/C15H23NO3/c1-4-15(8-5-9-15)10-16-11(2)12-6-7-13(19-12)14(17)18-3/h6-7,11,16H,4-5,8-10H2,1-3H3. The summed E-state index contributed by atoms with van der Waals surface area (Å²) >= 11 is 0. The molecule has 1 fully saturated rings. The van der Waals surface area contributed by atoms with Gasteiger partial charge in [0.25, 0.3) is 0 Å². The van der Waals surface area contributed by atoms with E-state index < -0.39 is 5.97 Å². The normalized spacial score (nSPS) is 18.7. The summed E-state index contributed by atoms with van der Waals surface area (Å²) in [6.45, 7) is 5.33. The van der Waals surface area contributed by atoms with Crippen LogP contribution in [0.3, 0.4) is 0 Å². The molecule has 1 aliphatic carbocycles. The monoisotopic (exact) mass is 265 g/mol. The van der Waals surface area contributed by atoms with E-state index in [0.29, 0.717) is 5.41 Å². The van der Waals surface area contributed by atoms with E-state index in [4.69, 9.17) is 4.42 Å². The summed E-state index contributed by atoms with van der Waals surface area (Å²) in [4.78, 5) is 11.3. The van der Waals surface area contributed by atoms with Gasteiger partial charge in [0, 0.05) is 6.54 Å². The number of carbonyl (C=O) groups excluding carboxylic acids is 1. The van der Waals surface area contributed by atoms with Gasteiger partial charge in [-0.3, -0.25) is 0 Å². The molecule has 4 heteroatoms. The summed E-state index contributed by atoms with van der Waals surface area (Å²) in [5, 5.41) is 3.52. The summed E-state index contributed by atoms with van der Waals surface area (Å²) < 4.78 is 10.1. The summed E-state index contributed by atoms with van der Waals surface area (Å²) in [5.74, 6) is 0.619. The lowest BCUT2D eigenvalue weighted by atomic mass is 9.67. The quantitative estimate of drug-likeness (QED) is 0.802. The first kappa shape index (κ1) is 14.1. The number of rotatable bonds is 6. The molecule has 0 bridgehead atoms. The summed E-state index contributed by atoms with van der Waals surface area (Å²) in [6, 6.07) is 3.61. The molecule has 0 amide bonds. The Bertz CT molecular complexity index is 429.